The molecule has 1 amide bonds. The van der Waals surface area contributed by atoms with Crippen LogP contribution in [0.25, 0.3) is 0 Å². The standard InChI is InChI=1S/C19H18FNO3/c1-12-7-10-15(19(23)24)16(20)17(12)21(11-13-8-9-13)18(22)14-5-3-2-4-6-14/h2-7,10,13H,8-9,11H2,1H3,(H,23,24). The number of carboxylic acid groups (broad SMARTS) is 1. The fourth-order valence-electron chi connectivity index (χ4n) is 2.73. The molecule has 0 radical (unpaired) electrons. The van der Waals surface area contributed by atoms with Gasteiger partial charge in [0.15, 0.2) is 5.82 Å². The van der Waals surface area contributed by atoms with Gasteiger partial charge in [0.1, 0.15) is 0 Å². The van der Waals surface area contributed by atoms with Gasteiger partial charge >= 0.3 is 5.97 Å². The second-order valence-corrected chi connectivity index (χ2v) is 6.12. The van der Waals surface area contributed by atoms with Gasteiger partial charge in [-0.2, -0.15) is 0 Å². The van der Waals surface area contributed by atoms with E-state index in [1.54, 1.807) is 43.3 Å². The summed E-state index contributed by atoms with van der Waals surface area (Å²) in [5, 5.41) is 9.17. The summed E-state index contributed by atoms with van der Waals surface area (Å²) >= 11 is 0. The molecule has 2 aromatic rings. The lowest BCUT2D eigenvalue weighted by molar-refractivity contribution is 0.0691. The Morgan fingerprint density at radius 2 is 1.83 bits per heavy atom. The van der Waals surface area contributed by atoms with Crippen molar-refractivity contribution in [1.29, 1.82) is 0 Å². The fourth-order valence-corrected chi connectivity index (χ4v) is 2.73. The summed E-state index contributed by atoms with van der Waals surface area (Å²) in [6.07, 6.45) is 2.00. The molecule has 1 fully saturated rings. The van der Waals surface area contributed by atoms with E-state index in [1.807, 2.05) is 0 Å². The molecule has 0 spiro atoms. The molecule has 0 unspecified atom stereocenters. The first-order valence-electron chi connectivity index (χ1n) is 7.88. The molecule has 1 N–H and O–H groups in total. The van der Waals surface area contributed by atoms with Crippen LogP contribution in [0.5, 0.6) is 0 Å². The van der Waals surface area contributed by atoms with Crippen molar-refractivity contribution in [2.75, 3.05) is 11.4 Å². The number of carbonyl (C=O) groups excluding carboxylic acids is 1. The first-order chi connectivity index (χ1) is 11.5. The summed E-state index contributed by atoms with van der Waals surface area (Å²) in [6.45, 7) is 2.08. The molecule has 0 bridgehead atoms. The number of benzene rings is 2. The van der Waals surface area contributed by atoms with Gasteiger partial charge in [-0.3, -0.25) is 4.79 Å². The van der Waals surface area contributed by atoms with Crippen LogP contribution in [0.1, 0.15) is 39.1 Å². The zero-order valence-corrected chi connectivity index (χ0v) is 13.3. The van der Waals surface area contributed by atoms with Crippen molar-refractivity contribution in [3.05, 3.63) is 65.0 Å². The Kier molecular flexibility index (Phi) is 4.34. The smallest absolute Gasteiger partial charge is 0.338 e. The van der Waals surface area contributed by atoms with Gasteiger partial charge < -0.3 is 10.0 Å². The van der Waals surface area contributed by atoms with Crippen LogP contribution in [0.15, 0.2) is 42.5 Å². The van der Waals surface area contributed by atoms with E-state index in [-0.39, 0.29) is 11.6 Å². The molecule has 0 atom stereocenters. The van der Waals surface area contributed by atoms with Gasteiger partial charge in [0.05, 0.1) is 11.3 Å². The van der Waals surface area contributed by atoms with E-state index in [0.29, 0.717) is 23.6 Å². The van der Waals surface area contributed by atoms with Crippen LogP contribution >= 0.6 is 0 Å². The molecule has 2 aromatic carbocycles. The lowest BCUT2D eigenvalue weighted by Gasteiger charge is -2.25. The number of anilines is 1. The molecule has 0 aromatic heterocycles. The molecule has 124 valence electrons. The predicted molar refractivity (Wildman–Crippen MR) is 88.9 cm³/mol. The average molecular weight is 327 g/mol. The lowest BCUT2D eigenvalue weighted by atomic mass is 10.1. The third-order valence-electron chi connectivity index (χ3n) is 4.22. The third-order valence-corrected chi connectivity index (χ3v) is 4.22. The molecule has 0 heterocycles. The summed E-state index contributed by atoms with van der Waals surface area (Å²) in [5.41, 5.74) is 0.646. The highest BCUT2D eigenvalue weighted by atomic mass is 19.1. The molecule has 1 aliphatic carbocycles. The molecular formula is C19H18FNO3. The van der Waals surface area contributed by atoms with Gasteiger partial charge in [0.2, 0.25) is 0 Å². The summed E-state index contributed by atoms with van der Waals surface area (Å²) < 4.78 is 14.8. The van der Waals surface area contributed by atoms with Crippen LogP contribution in [-0.4, -0.2) is 23.5 Å². The highest BCUT2D eigenvalue weighted by Gasteiger charge is 2.31. The topological polar surface area (TPSA) is 57.6 Å². The summed E-state index contributed by atoms with van der Waals surface area (Å²) in [5.74, 6) is -2.17. The second-order valence-electron chi connectivity index (χ2n) is 6.12. The number of halogens is 1. The van der Waals surface area contributed by atoms with Crippen molar-refractivity contribution >= 4 is 17.6 Å². The summed E-state index contributed by atoms with van der Waals surface area (Å²) in [6, 6.07) is 11.4. The molecule has 1 aliphatic rings. The maximum Gasteiger partial charge on any atom is 0.338 e. The van der Waals surface area contributed by atoms with Crippen LogP contribution in [0, 0.1) is 18.7 Å². The van der Waals surface area contributed by atoms with Crippen LogP contribution in [0.3, 0.4) is 0 Å². The molecule has 24 heavy (non-hydrogen) atoms. The monoisotopic (exact) mass is 327 g/mol. The molecule has 0 saturated heterocycles. The van der Waals surface area contributed by atoms with Gasteiger partial charge in [-0.15, -0.1) is 0 Å². The van der Waals surface area contributed by atoms with Crippen LogP contribution < -0.4 is 4.90 Å². The summed E-state index contributed by atoms with van der Waals surface area (Å²) in [4.78, 5) is 25.5. The Hall–Kier alpha value is -2.69. The van der Waals surface area contributed by atoms with Crippen molar-refractivity contribution in [2.45, 2.75) is 19.8 Å². The number of carboxylic acids is 1. The van der Waals surface area contributed by atoms with Crippen LogP contribution in [-0.2, 0) is 0 Å². The minimum atomic E-state index is -1.34. The predicted octanol–water partition coefficient (Wildman–Crippen LogP) is 3.89. The quantitative estimate of drug-likeness (QED) is 0.906. The molecule has 1 saturated carbocycles. The van der Waals surface area contributed by atoms with E-state index >= 15 is 0 Å². The Morgan fingerprint density at radius 3 is 2.42 bits per heavy atom. The van der Waals surface area contributed by atoms with Crippen LogP contribution in [0.4, 0.5) is 10.1 Å². The van der Waals surface area contributed by atoms with E-state index in [0.717, 1.165) is 12.8 Å². The number of hydrogen-bond donors (Lipinski definition) is 1. The largest absolute Gasteiger partial charge is 0.478 e. The Labute approximate surface area is 139 Å². The Bertz CT molecular complexity index is 785. The fraction of sp³-hybridized carbons (Fsp3) is 0.263. The zero-order chi connectivity index (χ0) is 17.3. The van der Waals surface area contributed by atoms with E-state index in [2.05, 4.69) is 0 Å². The molecule has 4 nitrogen and oxygen atoms in total. The van der Waals surface area contributed by atoms with Crippen molar-refractivity contribution in [3.8, 4) is 0 Å². The minimum absolute atomic E-state index is 0.0654. The van der Waals surface area contributed by atoms with Gasteiger partial charge in [-0.25, -0.2) is 9.18 Å². The number of aromatic carboxylic acids is 1. The molecule has 5 heteroatoms. The zero-order valence-electron chi connectivity index (χ0n) is 13.3. The highest BCUT2D eigenvalue weighted by Crippen LogP contribution is 2.35. The van der Waals surface area contributed by atoms with Crippen molar-refractivity contribution in [3.63, 3.8) is 0 Å². The van der Waals surface area contributed by atoms with E-state index in [1.165, 1.54) is 11.0 Å². The van der Waals surface area contributed by atoms with Crippen molar-refractivity contribution in [2.24, 2.45) is 5.92 Å². The second kappa shape index (κ2) is 6.43. The maximum absolute atomic E-state index is 14.8. The Morgan fingerprint density at radius 1 is 1.17 bits per heavy atom. The van der Waals surface area contributed by atoms with Crippen LogP contribution in [0.2, 0.25) is 0 Å². The first-order valence-corrected chi connectivity index (χ1v) is 7.88. The summed E-state index contributed by atoms with van der Waals surface area (Å²) in [7, 11) is 0. The number of rotatable bonds is 5. The highest BCUT2D eigenvalue weighted by molar-refractivity contribution is 6.07. The lowest BCUT2D eigenvalue weighted by Crippen LogP contribution is -2.34. The third kappa shape index (κ3) is 3.15. The average Bonchev–Trinajstić information content (AvgIpc) is 3.38. The van der Waals surface area contributed by atoms with E-state index in [4.69, 9.17) is 5.11 Å². The number of nitrogens with zero attached hydrogens (tertiary/aromatic N) is 1. The van der Waals surface area contributed by atoms with E-state index < -0.39 is 17.3 Å². The van der Waals surface area contributed by atoms with Crippen molar-refractivity contribution < 1.29 is 19.1 Å². The first kappa shape index (κ1) is 16.2. The number of carbonyl (C=O) groups is 2. The normalized spacial score (nSPS) is 13.6. The number of amides is 1. The van der Waals surface area contributed by atoms with E-state index in [9.17, 15) is 14.0 Å². The molecule has 3 rings (SSSR count). The number of aryl methyl sites for hydroxylation is 1. The molecule has 0 aliphatic heterocycles. The van der Waals surface area contributed by atoms with Crippen molar-refractivity contribution in [1.82, 2.24) is 0 Å². The Balaban J connectivity index is 2.08. The number of hydrogen-bond acceptors (Lipinski definition) is 2. The molecular weight excluding hydrogens is 309 g/mol. The van der Waals surface area contributed by atoms with Gasteiger partial charge in [-0.05, 0) is 49.4 Å². The van der Waals surface area contributed by atoms with Gasteiger partial charge in [0.25, 0.3) is 5.91 Å². The maximum atomic E-state index is 14.8. The minimum Gasteiger partial charge on any atom is -0.478 e. The SMILES string of the molecule is Cc1ccc(C(=O)O)c(F)c1N(CC1CC1)C(=O)c1ccccc1. The van der Waals surface area contributed by atoms with Gasteiger partial charge in [-0.1, -0.05) is 24.3 Å². The van der Waals surface area contributed by atoms with Gasteiger partial charge in [0, 0.05) is 12.1 Å².